The van der Waals surface area contributed by atoms with Gasteiger partial charge in [0.1, 0.15) is 5.82 Å². The lowest BCUT2D eigenvalue weighted by molar-refractivity contribution is -0.138. The lowest BCUT2D eigenvalue weighted by Gasteiger charge is -2.20. The van der Waals surface area contributed by atoms with Gasteiger partial charge in [0, 0.05) is 11.0 Å². The molecule has 2 rings (SSSR count). The van der Waals surface area contributed by atoms with E-state index < -0.39 is 11.4 Å². The SMILES string of the molecule is Cc1nc2ccc(C(=O)C(C)(C)CC(=O)O)cc2[nH]1. The largest absolute Gasteiger partial charge is 0.481 e. The van der Waals surface area contributed by atoms with Gasteiger partial charge in [-0.2, -0.15) is 0 Å². The van der Waals surface area contributed by atoms with Crippen LogP contribution in [0.5, 0.6) is 0 Å². The van der Waals surface area contributed by atoms with Gasteiger partial charge in [-0.05, 0) is 25.1 Å². The molecule has 0 spiro atoms. The van der Waals surface area contributed by atoms with E-state index in [1.165, 1.54) is 0 Å². The molecule has 1 heterocycles. The van der Waals surface area contributed by atoms with Gasteiger partial charge >= 0.3 is 5.97 Å². The molecule has 2 N–H and O–H groups in total. The molecule has 5 nitrogen and oxygen atoms in total. The van der Waals surface area contributed by atoms with Crippen molar-refractivity contribution in [3.8, 4) is 0 Å². The minimum atomic E-state index is -0.975. The second-order valence-corrected chi connectivity index (χ2v) is 5.34. The van der Waals surface area contributed by atoms with E-state index in [-0.39, 0.29) is 12.2 Å². The van der Waals surface area contributed by atoms with Crippen LogP contribution >= 0.6 is 0 Å². The van der Waals surface area contributed by atoms with E-state index in [1.807, 2.05) is 6.92 Å². The maximum Gasteiger partial charge on any atom is 0.304 e. The number of imidazole rings is 1. The molecule has 0 aliphatic rings. The Labute approximate surface area is 110 Å². The summed E-state index contributed by atoms with van der Waals surface area (Å²) in [4.78, 5) is 30.5. The number of nitrogens with one attached hydrogen (secondary N) is 1. The number of carboxylic acid groups (broad SMARTS) is 1. The fraction of sp³-hybridized carbons (Fsp3) is 0.357. The summed E-state index contributed by atoms with van der Waals surface area (Å²) in [7, 11) is 0. The number of H-pyrrole nitrogens is 1. The molecular weight excluding hydrogens is 244 g/mol. The van der Waals surface area contributed by atoms with Crippen LogP contribution in [0.2, 0.25) is 0 Å². The topological polar surface area (TPSA) is 83.1 Å². The Kier molecular flexibility index (Phi) is 3.14. The molecule has 1 aromatic heterocycles. The number of hydrogen-bond acceptors (Lipinski definition) is 3. The van der Waals surface area contributed by atoms with E-state index in [2.05, 4.69) is 9.97 Å². The molecule has 0 aliphatic heterocycles. The summed E-state index contributed by atoms with van der Waals surface area (Å²) in [5, 5.41) is 8.85. The van der Waals surface area contributed by atoms with Crippen LogP contribution in [0.4, 0.5) is 0 Å². The summed E-state index contributed by atoms with van der Waals surface area (Å²) in [5.41, 5.74) is 1.16. The minimum absolute atomic E-state index is 0.177. The number of aromatic amines is 1. The molecule has 19 heavy (non-hydrogen) atoms. The van der Waals surface area contributed by atoms with Gasteiger partial charge in [0.15, 0.2) is 5.78 Å². The number of aliphatic carboxylic acids is 1. The van der Waals surface area contributed by atoms with E-state index in [4.69, 9.17) is 5.11 Å². The van der Waals surface area contributed by atoms with Crippen molar-refractivity contribution >= 4 is 22.8 Å². The van der Waals surface area contributed by atoms with Crippen molar-refractivity contribution in [2.75, 3.05) is 0 Å². The summed E-state index contributed by atoms with van der Waals surface area (Å²) >= 11 is 0. The zero-order valence-electron chi connectivity index (χ0n) is 11.2. The first kappa shape index (κ1) is 13.3. The van der Waals surface area contributed by atoms with Crippen LogP contribution in [0.25, 0.3) is 11.0 Å². The fourth-order valence-electron chi connectivity index (χ4n) is 2.13. The first-order valence-electron chi connectivity index (χ1n) is 6.02. The van der Waals surface area contributed by atoms with Crippen LogP contribution in [0.15, 0.2) is 18.2 Å². The third-order valence-electron chi connectivity index (χ3n) is 3.07. The molecule has 0 amide bonds. The van der Waals surface area contributed by atoms with Gasteiger partial charge in [0.05, 0.1) is 17.5 Å². The summed E-state index contributed by atoms with van der Waals surface area (Å²) < 4.78 is 0. The first-order chi connectivity index (χ1) is 8.79. The number of ketones is 1. The molecule has 2 aromatic rings. The number of fused-ring (bicyclic) bond motifs is 1. The number of benzene rings is 1. The third kappa shape index (κ3) is 2.65. The molecule has 5 heteroatoms. The smallest absolute Gasteiger partial charge is 0.304 e. The summed E-state index contributed by atoms with van der Waals surface area (Å²) in [6, 6.07) is 5.18. The number of rotatable bonds is 4. The molecule has 0 radical (unpaired) electrons. The van der Waals surface area contributed by atoms with Gasteiger partial charge < -0.3 is 10.1 Å². The first-order valence-corrected chi connectivity index (χ1v) is 6.02. The van der Waals surface area contributed by atoms with E-state index in [9.17, 15) is 9.59 Å². The Morgan fingerprint density at radius 2 is 2.05 bits per heavy atom. The molecule has 0 saturated carbocycles. The Balaban J connectivity index is 2.38. The molecule has 0 unspecified atom stereocenters. The molecule has 0 bridgehead atoms. The average Bonchev–Trinajstić information content (AvgIpc) is 2.65. The zero-order valence-corrected chi connectivity index (χ0v) is 11.2. The van der Waals surface area contributed by atoms with Crippen molar-refractivity contribution in [1.82, 2.24) is 9.97 Å². The maximum absolute atomic E-state index is 12.4. The van der Waals surface area contributed by atoms with Gasteiger partial charge in [-0.25, -0.2) is 4.98 Å². The number of carbonyl (C=O) groups excluding carboxylic acids is 1. The summed E-state index contributed by atoms with van der Waals surface area (Å²) in [5.74, 6) is -0.370. The highest BCUT2D eigenvalue weighted by Crippen LogP contribution is 2.27. The van der Waals surface area contributed by atoms with Crippen molar-refractivity contribution in [3.05, 3.63) is 29.6 Å². The Morgan fingerprint density at radius 3 is 2.68 bits per heavy atom. The molecule has 0 fully saturated rings. The van der Waals surface area contributed by atoms with Gasteiger partial charge in [-0.1, -0.05) is 13.8 Å². The van der Waals surface area contributed by atoms with E-state index in [0.29, 0.717) is 5.56 Å². The van der Waals surface area contributed by atoms with E-state index in [1.54, 1.807) is 32.0 Å². The van der Waals surface area contributed by atoms with Gasteiger partial charge in [0.2, 0.25) is 0 Å². The highest BCUT2D eigenvalue weighted by molar-refractivity contribution is 6.03. The second kappa shape index (κ2) is 4.50. The zero-order chi connectivity index (χ0) is 14.2. The summed E-state index contributed by atoms with van der Waals surface area (Å²) in [6.07, 6.45) is -0.189. The van der Waals surface area contributed by atoms with Crippen LogP contribution in [-0.4, -0.2) is 26.8 Å². The number of nitrogens with zero attached hydrogens (tertiary/aromatic N) is 1. The molecule has 0 atom stereocenters. The molecular formula is C14H16N2O3. The van der Waals surface area contributed by atoms with Crippen molar-refractivity contribution in [2.24, 2.45) is 5.41 Å². The van der Waals surface area contributed by atoms with Crippen LogP contribution in [0.1, 0.15) is 36.5 Å². The van der Waals surface area contributed by atoms with Gasteiger partial charge in [-0.3, -0.25) is 9.59 Å². The maximum atomic E-state index is 12.4. The van der Waals surface area contributed by atoms with Crippen LogP contribution < -0.4 is 0 Å². The predicted molar refractivity (Wildman–Crippen MR) is 71.2 cm³/mol. The van der Waals surface area contributed by atoms with Crippen LogP contribution in [-0.2, 0) is 4.79 Å². The van der Waals surface area contributed by atoms with Crippen molar-refractivity contribution in [3.63, 3.8) is 0 Å². The van der Waals surface area contributed by atoms with E-state index in [0.717, 1.165) is 16.9 Å². The Hall–Kier alpha value is -2.17. The lowest BCUT2D eigenvalue weighted by atomic mass is 9.81. The van der Waals surface area contributed by atoms with Crippen molar-refractivity contribution < 1.29 is 14.7 Å². The standard InChI is InChI=1S/C14H16N2O3/c1-8-15-10-5-4-9(6-11(10)16-8)13(19)14(2,3)7-12(17)18/h4-6H,7H2,1-3H3,(H,15,16)(H,17,18). The number of Topliss-reactive ketones (excluding diaryl/α,β-unsaturated/α-hetero) is 1. The average molecular weight is 260 g/mol. The van der Waals surface area contributed by atoms with Crippen molar-refractivity contribution in [1.29, 1.82) is 0 Å². The summed E-state index contributed by atoms with van der Waals surface area (Å²) in [6.45, 7) is 5.13. The van der Waals surface area contributed by atoms with Crippen LogP contribution in [0.3, 0.4) is 0 Å². The fourth-order valence-corrected chi connectivity index (χ4v) is 2.13. The number of carboxylic acids is 1. The lowest BCUT2D eigenvalue weighted by Crippen LogP contribution is -2.27. The number of aryl methyl sites for hydroxylation is 1. The monoisotopic (exact) mass is 260 g/mol. The molecule has 0 aliphatic carbocycles. The number of carbonyl (C=O) groups is 2. The Morgan fingerprint density at radius 1 is 1.37 bits per heavy atom. The molecule has 100 valence electrons. The minimum Gasteiger partial charge on any atom is -0.481 e. The van der Waals surface area contributed by atoms with Gasteiger partial charge in [-0.15, -0.1) is 0 Å². The van der Waals surface area contributed by atoms with E-state index >= 15 is 0 Å². The third-order valence-corrected chi connectivity index (χ3v) is 3.07. The highest BCUT2D eigenvalue weighted by atomic mass is 16.4. The van der Waals surface area contributed by atoms with Crippen LogP contribution in [0, 0.1) is 12.3 Å². The van der Waals surface area contributed by atoms with Gasteiger partial charge in [0.25, 0.3) is 0 Å². The number of aromatic nitrogens is 2. The highest BCUT2D eigenvalue weighted by Gasteiger charge is 2.31. The normalized spacial score (nSPS) is 11.7. The predicted octanol–water partition coefficient (Wildman–Crippen LogP) is 2.55. The number of hydrogen-bond donors (Lipinski definition) is 2. The quantitative estimate of drug-likeness (QED) is 0.827. The molecule has 1 aromatic carbocycles. The van der Waals surface area contributed by atoms with Crippen molar-refractivity contribution in [2.45, 2.75) is 27.2 Å². The molecule has 0 saturated heterocycles. The Bertz CT molecular complexity index is 656. The second-order valence-electron chi connectivity index (χ2n) is 5.34.